The van der Waals surface area contributed by atoms with Gasteiger partial charge in [-0.25, -0.2) is 0 Å². The van der Waals surface area contributed by atoms with Crippen molar-refractivity contribution in [3.63, 3.8) is 0 Å². The van der Waals surface area contributed by atoms with E-state index in [-0.39, 0.29) is 50.0 Å². The molecule has 69 valence electrons. The summed E-state index contributed by atoms with van der Waals surface area (Å²) < 4.78 is 4.83. The first-order valence-corrected chi connectivity index (χ1v) is 3.15. The van der Waals surface area contributed by atoms with E-state index >= 15 is 0 Å². The summed E-state index contributed by atoms with van der Waals surface area (Å²) in [6.45, 7) is 9.00. The number of rotatable bonds is 1. The molecule has 0 amide bonds. The Labute approximate surface area is 104 Å². The second-order valence-electron chi connectivity index (χ2n) is 2.86. The molecular formula is C7H14INO2Zn-. The van der Waals surface area contributed by atoms with Crippen LogP contribution in [0, 0.1) is 6.92 Å². The Morgan fingerprint density at radius 3 is 2.17 bits per heavy atom. The Kier molecular flexibility index (Phi) is 12.6. The summed E-state index contributed by atoms with van der Waals surface area (Å²) in [5.74, 6) is 0. The van der Waals surface area contributed by atoms with Crippen LogP contribution in [0.4, 0.5) is 0 Å². The van der Waals surface area contributed by atoms with Crippen LogP contribution in [-0.2, 0) is 24.2 Å². The fourth-order valence-corrected chi connectivity index (χ4v) is 0.385. The van der Waals surface area contributed by atoms with Crippen LogP contribution >= 0.6 is 24.0 Å². The smallest absolute Gasteiger partial charge is 0.145 e. The average molecular weight is 336 g/mol. The molecule has 0 aromatic carbocycles. The Morgan fingerprint density at radius 2 is 1.92 bits per heavy atom. The molecule has 3 nitrogen and oxygen atoms in total. The molecule has 0 aromatic rings. The molecule has 0 saturated carbocycles. The average Bonchev–Trinajstić information content (AvgIpc) is 1.59. The topological polar surface area (TPSA) is 44.7 Å². The number of aliphatic imine (C=N–C) groups is 1. The Hall–Kier alpha value is 0.623. The van der Waals surface area contributed by atoms with Crippen molar-refractivity contribution in [3.05, 3.63) is 6.92 Å². The van der Waals surface area contributed by atoms with Gasteiger partial charge in [0.2, 0.25) is 0 Å². The summed E-state index contributed by atoms with van der Waals surface area (Å²) in [6, 6.07) is 0. The van der Waals surface area contributed by atoms with Crippen LogP contribution in [0.5, 0.6) is 0 Å². The number of hydrogen-bond acceptors (Lipinski definition) is 3. The van der Waals surface area contributed by atoms with Crippen molar-refractivity contribution in [3.8, 4) is 0 Å². The van der Waals surface area contributed by atoms with Gasteiger partial charge in [-0.1, -0.05) is 20.8 Å². The molecule has 12 heavy (non-hydrogen) atoms. The summed E-state index contributed by atoms with van der Waals surface area (Å²) in [4.78, 5) is 3.44. The summed E-state index contributed by atoms with van der Waals surface area (Å²) in [7, 11) is 0. The minimum Gasteiger partial charge on any atom is -0.595 e. The Bertz CT molecular complexity index is 134. The third-order valence-corrected chi connectivity index (χ3v) is 0.634. The predicted molar refractivity (Wildman–Crippen MR) is 53.9 cm³/mol. The van der Waals surface area contributed by atoms with Crippen molar-refractivity contribution in [2.24, 2.45) is 4.99 Å². The maximum absolute atomic E-state index is 10.6. The van der Waals surface area contributed by atoms with Gasteiger partial charge >= 0.3 is 0 Å². The van der Waals surface area contributed by atoms with Crippen LogP contribution in [-0.4, -0.2) is 18.2 Å². The summed E-state index contributed by atoms with van der Waals surface area (Å²) in [5, 5.41) is 10.6. The van der Waals surface area contributed by atoms with Crippen molar-refractivity contribution in [1.29, 1.82) is 0 Å². The number of halogens is 1. The minimum absolute atomic E-state index is 0. The van der Waals surface area contributed by atoms with E-state index in [0.717, 1.165) is 0 Å². The van der Waals surface area contributed by atoms with Gasteiger partial charge in [0.1, 0.15) is 6.08 Å². The zero-order valence-corrected chi connectivity index (χ0v) is 13.1. The number of hydrogen-bond donors (Lipinski definition) is 0. The van der Waals surface area contributed by atoms with Crippen LogP contribution in [0.3, 0.4) is 0 Å². The SMILES string of the molecule is I.[CH2]CN=C([O-])OC(C)(C)C.[Zn]. The predicted octanol–water partition coefficient (Wildman–Crippen LogP) is 0.967. The molecular weight excluding hydrogens is 322 g/mol. The first-order valence-electron chi connectivity index (χ1n) is 3.15. The number of nitrogens with zero attached hydrogens (tertiary/aromatic N) is 1. The maximum atomic E-state index is 10.6. The van der Waals surface area contributed by atoms with Gasteiger partial charge in [-0.2, -0.15) is 0 Å². The van der Waals surface area contributed by atoms with E-state index in [1.54, 1.807) is 20.8 Å². The van der Waals surface area contributed by atoms with Gasteiger partial charge in [-0.15, -0.1) is 24.0 Å². The summed E-state index contributed by atoms with van der Waals surface area (Å²) in [6.07, 6.45) is -0.539. The van der Waals surface area contributed by atoms with Crippen molar-refractivity contribution >= 4 is 30.1 Å². The zero-order valence-electron chi connectivity index (χ0n) is 7.79. The molecule has 0 aromatic heterocycles. The first kappa shape index (κ1) is 18.4. The molecule has 0 aliphatic heterocycles. The summed E-state index contributed by atoms with van der Waals surface area (Å²) in [5.41, 5.74) is -0.449. The molecule has 0 fully saturated rings. The Morgan fingerprint density at radius 1 is 1.50 bits per heavy atom. The fraction of sp³-hybridized carbons (Fsp3) is 0.714. The van der Waals surface area contributed by atoms with Gasteiger partial charge < -0.3 is 9.84 Å². The molecule has 0 aliphatic carbocycles. The maximum Gasteiger partial charge on any atom is 0.145 e. The van der Waals surface area contributed by atoms with E-state index in [1.165, 1.54) is 0 Å². The van der Waals surface area contributed by atoms with E-state index in [9.17, 15) is 5.11 Å². The monoisotopic (exact) mass is 335 g/mol. The standard InChI is InChI=1S/C7H14NO2.HI.Zn/c1-5-8-6(9)10-7(2,3)4;;/h1,5H2,2-4H3,(H,8,9);1H;/p-1. The van der Waals surface area contributed by atoms with Gasteiger partial charge in [0, 0.05) is 31.6 Å². The van der Waals surface area contributed by atoms with Gasteiger partial charge in [-0.05, 0) is 6.92 Å². The van der Waals surface area contributed by atoms with E-state index in [2.05, 4.69) is 11.9 Å². The molecule has 0 saturated heterocycles. The van der Waals surface area contributed by atoms with E-state index in [4.69, 9.17) is 4.74 Å². The molecule has 0 bridgehead atoms. The molecule has 5 heteroatoms. The van der Waals surface area contributed by atoms with Gasteiger partial charge in [0.25, 0.3) is 0 Å². The van der Waals surface area contributed by atoms with Crippen molar-refractivity contribution in [2.45, 2.75) is 26.4 Å². The second kappa shape index (κ2) is 8.23. The molecule has 0 unspecified atom stereocenters. The van der Waals surface area contributed by atoms with Crippen LogP contribution in [0.1, 0.15) is 20.8 Å². The quantitative estimate of drug-likeness (QED) is 0.310. The largest absolute Gasteiger partial charge is 0.595 e. The van der Waals surface area contributed by atoms with E-state index in [0.29, 0.717) is 0 Å². The van der Waals surface area contributed by atoms with Crippen LogP contribution < -0.4 is 5.11 Å². The van der Waals surface area contributed by atoms with Crippen molar-refractivity contribution in [2.75, 3.05) is 6.54 Å². The first-order chi connectivity index (χ1) is 4.45. The number of ether oxygens (including phenoxy) is 1. The molecule has 0 heterocycles. The van der Waals surface area contributed by atoms with Crippen LogP contribution in [0.25, 0.3) is 0 Å². The Balaban J connectivity index is -0.000000405. The van der Waals surface area contributed by atoms with Gasteiger partial charge in [-0.3, -0.25) is 4.99 Å². The normalized spacial score (nSPS) is 11.2. The second-order valence-corrected chi connectivity index (χ2v) is 2.86. The van der Waals surface area contributed by atoms with Crippen LogP contribution in [0.2, 0.25) is 0 Å². The zero-order chi connectivity index (χ0) is 8.20. The van der Waals surface area contributed by atoms with Crippen molar-refractivity contribution in [1.82, 2.24) is 0 Å². The fourth-order valence-electron chi connectivity index (χ4n) is 0.385. The van der Waals surface area contributed by atoms with E-state index < -0.39 is 11.7 Å². The molecule has 0 spiro atoms. The van der Waals surface area contributed by atoms with E-state index in [1.807, 2.05) is 0 Å². The summed E-state index contributed by atoms with van der Waals surface area (Å²) >= 11 is 0. The molecule has 0 atom stereocenters. The molecule has 1 radical (unpaired) electrons. The molecule has 0 aliphatic rings. The van der Waals surface area contributed by atoms with Gasteiger partial charge in [0.15, 0.2) is 0 Å². The third-order valence-electron chi connectivity index (χ3n) is 0.634. The third kappa shape index (κ3) is 13.2. The minimum atomic E-state index is -0.539. The van der Waals surface area contributed by atoms with Gasteiger partial charge in [0.05, 0.1) is 0 Å². The molecule has 0 N–H and O–H groups in total. The molecule has 0 rings (SSSR count). The van der Waals surface area contributed by atoms with Crippen LogP contribution in [0.15, 0.2) is 4.99 Å². The van der Waals surface area contributed by atoms with Crippen molar-refractivity contribution < 1.29 is 29.3 Å².